The van der Waals surface area contributed by atoms with Gasteiger partial charge in [-0.15, -0.1) is 0 Å². The molecular weight excluding hydrogens is 342 g/mol. The number of nitrogens with one attached hydrogen (secondary N) is 1. The standard InChI is InChI=1S/C19H20ClNO4/c1-12(9-13-5-7-17(24-3)18(10-13)25-4)19(22)21-15-11-14(20)6-8-16(15)23-2/h5-11H,1-4H3,(H,21,22)/b12-9+. The van der Waals surface area contributed by atoms with E-state index < -0.39 is 0 Å². The van der Waals surface area contributed by atoms with Crippen molar-refractivity contribution in [2.45, 2.75) is 6.92 Å². The first-order chi connectivity index (χ1) is 12.0. The number of rotatable bonds is 6. The summed E-state index contributed by atoms with van der Waals surface area (Å²) in [5.41, 5.74) is 1.86. The van der Waals surface area contributed by atoms with E-state index in [0.29, 0.717) is 33.5 Å². The van der Waals surface area contributed by atoms with Crippen molar-refractivity contribution in [3.05, 3.63) is 52.6 Å². The number of amides is 1. The second kappa shape index (κ2) is 8.44. The molecule has 132 valence electrons. The van der Waals surface area contributed by atoms with E-state index in [1.807, 2.05) is 6.07 Å². The van der Waals surface area contributed by atoms with Crippen molar-refractivity contribution in [2.24, 2.45) is 0 Å². The van der Waals surface area contributed by atoms with E-state index in [9.17, 15) is 4.79 Å². The summed E-state index contributed by atoms with van der Waals surface area (Å²) in [6.07, 6.45) is 1.76. The Bertz CT molecular complexity index is 802. The number of halogens is 1. The zero-order valence-electron chi connectivity index (χ0n) is 14.6. The van der Waals surface area contributed by atoms with Crippen LogP contribution < -0.4 is 19.5 Å². The molecule has 2 aromatic carbocycles. The Labute approximate surface area is 152 Å². The topological polar surface area (TPSA) is 56.8 Å². The smallest absolute Gasteiger partial charge is 0.251 e. The molecule has 25 heavy (non-hydrogen) atoms. The fourth-order valence-electron chi connectivity index (χ4n) is 2.26. The highest BCUT2D eigenvalue weighted by atomic mass is 35.5. The Hall–Kier alpha value is -2.66. The van der Waals surface area contributed by atoms with Crippen molar-refractivity contribution >= 4 is 29.3 Å². The van der Waals surface area contributed by atoms with Crippen molar-refractivity contribution < 1.29 is 19.0 Å². The first-order valence-corrected chi connectivity index (χ1v) is 7.91. The number of ether oxygens (including phenoxy) is 3. The maximum absolute atomic E-state index is 12.4. The SMILES string of the molecule is COc1ccc(Cl)cc1NC(=O)/C(C)=C/c1ccc(OC)c(OC)c1. The number of benzene rings is 2. The molecule has 0 saturated carbocycles. The van der Waals surface area contributed by atoms with Gasteiger partial charge >= 0.3 is 0 Å². The van der Waals surface area contributed by atoms with E-state index >= 15 is 0 Å². The van der Waals surface area contributed by atoms with Crippen LogP contribution in [0, 0.1) is 0 Å². The van der Waals surface area contributed by atoms with Crippen molar-refractivity contribution in [3.63, 3.8) is 0 Å². The van der Waals surface area contributed by atoms with Gasteiger partial charge in [-0.25, -0.2) is 0 Å². The quantitative estimate of drug-likeness (QED) is 0.774. The molecular formula is C19H20ClNO4. The minimum atomic E-state index is -0.254. The molecule has 0 unspecified atom stereocenters. The van der Waals surface area contributed by atoms with Gasteiger partial charge in [-0.05, 0) is 48.9 Å². The van der Waals surface area contributed by atoms with Gasteiger partial charge in [0.05, 0.1) is 27.0 Å². The summed E-state index contributed by atoms with van der Waals surface area (Å²) in [6.45, 7) is 1.73. The first-order valence-electron chi connectivity index (χ1n) is 7.53. The van der Waals surface area contributed by atoms with Crippen LogP contribution >= 0.6 is 11.6 Å². The monoisotopic (exact) mass is 361 g/mol. The van der Waals surface area contributed by atoms with Gasteiger partial charge in [0.15, 0.2) is 11.5 Å². The van der Waals surface area contributed by atoms with E-state index in [-0.39, 0.29) is 5.91 Å². The molecule has 1 N–H and O–H groups in total. The lowest BCUT2D eigenvalue weighted by molar-refractivity contribution is -0.112. The number of methoxy groups -OCH3 is 3. The fourth-order valence-corrected chi connectivity index (χ4v) is 2.43. The Morgan fingerprint density at radius 3 is 2.24 bits per heavy atom. The van der Waals surface area contributed by atoms with Gasteiger partial charge in [0.1, 0.15) is 5.75 Å². The van der Waals surface area contributed by atoms with Gasteiger partial charge in [-0.3, -0.25) is 4.79 Å². The minimum absolute atomic E-state index is 0.254. The number of hydrogen-bond donors (Lipinski definition) is 1. The number of anilines is 1. The minimum Gasteiger partial charge on any atom is -0.495 e. The average Bonchev–Trinajstić information content (AvgIpc) is 2.61. The molecule has 0 aliphatic heterocycles. The number of carbonyl (C=O) groups is 1. The van der Waals surface area contributed by atoms with Crippen LogP contribution in [0.25, 0.3) is 6.08 Å². The molecule has 2 rings (SSSR count). The van der Waals surface area contributed by atoms with Crippen LogP contribution in [0.5, 0.6) is 17.2 Å². The number of hydrogen-bond acceptors (Lipinski definition) is 4. The van der Waals surface area contributed by atoms with Crippen molar-refractivity contribution in [2.75, 3.05) is 26.6 Å². The van der Waals surface area contributed by atoms with E-state index in [4.69, 9.17) is 25.8 Å². The second-order valence-electron chi connectivity index (χ2n) is 5.24. The van der Waals surface area contributed by atoms with Crippen molar-refractivity contribution in [3.8, 4) is 17.2 Å². The predicted molar refractivity (Wildman–Crippen MR) is 99.8 cm³/mol. The molecule has 0 aromatic heterocycles. The Balaban J connectivity index is 2.22. The zero-order valence-corrected chi connectivity index (χ0v) is 15.3. The molecule has 0 fully saturated rings. The Morgan fingerprint density at radius 2 is 1.60 bits per heavy atom. The molecule has 0 spiro atoms. The third kappa shape index (κ3) is 4.67. The van der Waals surface area contributed by atoms with Gasteiger partial charge in [0, 0.05) is 10.6 Å². The summed E-state index contributed by atoms with van der Waals surface area (Å²) in [5, 5.41) is 3.31. The van der Waals surface area contributed by atoms with Crippen molar-refractivity contribution in [1.82, 2.24) is 0 Å². The first kappa shape index (κ1) is 18.7. The summed E-state index contributed by atoms with van der Waals surface area (Å²) in [5.74, 6) is 1.51. The summed E-state index contributed by atoms with van der Waals surface area (Å²) >= 11 is 5.98. The normalized spacial score (nSPS) is 11.0. The molecule has 6 heteroatoms. The largest absolute Gasteiger partial charge is 0.495 e. The van der Waals surface area contributed by atoms with Gasteiger partial charge in [-0.2, -0.15) is 0 Å². The van der Waals surface area contributed by atoms with E-state index in [0.717, 1.165) is 5.56 Å². The maximum Gasteiger partial charge on any atom is 0.251 e. The summed E-state index contributed by atoms with van der Waals surface area (Å²) in [4.78, 5) is 12.4. The Kier molecular flexibility index (Phi) is 6.31. The zero-order chi connectivity index (χ0) is 18.4. The van der Waals surface area contributed by atoms with Crippen LogP contribution in [0.15, 0.2) is 42.0 Å². The molecule has 1 amide bonds. The number of carbonyl (C=O) groups excluding carboxylic acids is 1. The molecule has 2 aromatic rings. The van der Waals surface area contributed by atoms with Crippen LogP contribution in [-0.2, 0) is 4.79 Å². The van der Waals surface area contributed by atoms with Gasteiger partial charge in [-0.1, -0.05) is 17.7 Å². The van der Waals surface area contributed by atoms with Crippen LogP contribution in [0.4, 0.5) is 5.69 Å². The molecule has 0 aliphatic rings. The van der Waals surface area contributed by atoms with Crippen LogP contribution in [0.1, 0.15) is 12.5 Å². The lowest BCUT2D eigenvalue weighted by atomic mass is 10.1. The van der Waals surface area contributed by atoms with Crippen LogP contribution in [0.2, 0.25) is 5.02 Å². The van der Waals surface area contributed by atoms with E-state index in [2.05, 4.69) is 5.32 Å². The van der Waals surface area contributed by atoms with Gasteiger partial charge in [0.25, 0.3) is 5.91 Å². The molecule has 0 aliphatic carbocycles. The highest BCUT2D eigenvalue weighted by Crippen LogP contribution is 2.30. The average molecular weight is 362 g/mol. The van der Waals surface area contributed by atoms with E-state index in [1.54, 1.807) is 57.6 Å². The lowest BCUT2D eigenvalue weighted by Crippen LogP contribution is -2.13. The highest BCUT2D eigenvalue weighted by molar-refractivity contribution is 6.31. The summed E-state index contributed by atoms with van der Waals surface area (Å²) in [6, 6.07) is 10.5. The third-order valence-electron chi connectivity index (χ3n) is 3.56. The van der Waals surface area contributed by atoms with Crippen molar-refractivity contribution in [1.29, 1.82) is 0 Å². The molecule has 5 nitrogen and oxygen atoms in total. The maximum atomic E-state index is 12.4. The Morgan fingerprint density at radius 1 is 0.960 bits per heavy atom. The molecule has 0 atom stereocenters. The molecule has 0 heterocycles. The molecule has 0 bridgehead atoms. The van der Waals surface area contributed by atoms with Crippen LogP contribution in [0.3, 0.4) is 0 Å². The molecule has 0 radical (unpaired) electrons. The third-order valence-corrected chi connectivity index (χ3v) is 3.79. The summed E-state index contributed by atoms with van der Waals surface area (Å²) < 4.78 is 15.7. The fraction of sp³-hybridized carbons (Fsp3) is 0.211. The summed E-state index contributed by atoms with van der Waals surface area (Å²) in [7, 11) is 4.67. The van der Waals surface area contributed by atoms with Crippen LogP contribution in [-0.4, -0.2) is 27.2 Å². The highest BCUT2D eigenvalue weighted by Gasteiger charge is 2.11. The van der Waals surface area contributed by atoms with E-state index in [1.165, 1.54) is 7.11 Å². The van der Waals surface area contributed by atoms with Gasteiger partial charge < -0.3 is 19.5 Å². The lowest BCUT2D eigenvalue weighted by Gasteiger charge is -2.11. The predicted octanol–water partition coefficient (Wildman–Crippen LogP) is 4.41. The van der Waals surface area contributed by atoms with Gasteiger partial charge in [0.2, 0.25) is 0 Å². The second-order valence-corrected chi connectivity index (χ2v) is 5.68. The molecule has 0 saturated heterocycles.